The molecule has 5 nitrogen and oxygen atoms in total. The largest absolute Gasteiger partial charge is 0.293 e. The van der Waals surface area contributed by atoms with Gasteiger partial charge in [-0.05, 0) is 13.0 Å². The summed E-state index contributed by atoms with van der Waals surface area (Å²) in [5, 5.41) is 0.506. The Morgan fingerprint density at radius 3 is 3.08 bits per heavy atom. The van der Waals surface area contributed by atoms with Gasteiger partial charge in [0.25, 0.3) is 0 Å². The Bertz CT molecular complexity index is 279. The van der Waals surface area contributed by atoms with Crippen LogP contribution in [0.1, 0.15) is 6.92 Å². The summed E-state index contributed by atoms with van der Waals surface area (Å²) in [5.74, 6) is 4.76. The third-order valence-electron chi connectivity index (χ3n) is 1.36. The van der Waals surface area contributed by atoms with Crippen molar-refractivity contribution in [2.24, 2.45) is 5.84 Å². The van der Waals surface area contributed by atoms with E-state index < -0.39 is 0 Å². The van der Waals surface area contributed by atoms with E-state index in [1.54, 1.807) is 19.2 Å². The average Bonchev–Trinajstić information content (AvgIpc) is 2.18. The molecular weight excluding hydrogens is 188 g/mol. The van der Waals surface area contributed by atoms with Crippen molar-refractivity contribution < 1.29 is 4.79 Å². The molecule has 1 atom stereocenters. The fraction of sp³-hybridized carbons (Fsp3) is 0.286. The van der Waals surface area contributed by atoms with Crippen LogP contribution in [0.3, 0.4) is 0 Å². The first kappa shape index (κ1) is 9.94. The molecule has 0 bridgehead atoms. The maximum absolute atomic E-state index is 11.0. The first-order valence-corrected chi connectivity index (χ1v) is 4.55. The quantitative estimate of drug-likeness (QED) is 0.234. The molecule has 1 heterocycles. The summed E-state index contributed by atoms with van der Waals surface area (Å²) in [7, 11) is 0. The molecule has 6 heteroatoms. The molecule has 0 aliphatic rings. The number of hydrazine groups is 1. The van der Waals surface area contributed by atoms with Crippen LogP contribution in [0.25, 0.3) is 0 Å². The van der Waals surface area contributed by atoms with Crippen molar-refractivity contribution in [1.29, 1.82) is 0 Å². The minimum atomic E-state index is -0.250. The molecule has 70 valence electrons. The Morgan fingerprint density at radius 1 is 1.77 bits per heavy atom. The van der Waals surface area contributed by atoms with E-state index in [0.717, 1.165) is 5.03 Å². The van der Waals surface area contributed by atoms with Crippen LogP contribution in [0, 0.1) is 0 Å². The SMILES string of the molecule is CC(Sc1ccncn1)C(=O)NN. The number of nitrogens with one attached hydrogen (secondary N) is 1. The molecule has 0 spiro atoms. The highest BCUT2D eigenvalue weighted by Crippen LogP contribution is 2.19. The number of nitrogens with zero attached hydrogens (tertiary/aromatic N) is 2. The van der Waals surface area contributed by atoms with Gasteiger partial charge >= 0.3 is 0 Å². The molecule has 1 aromatic rings. The summed E-state index contributed by atoms with van der Waals surface area (Å²) in [6.45, 7) is 1.76. The lowest BCUT2D eigenvalue weighted by molar-refractivity contribution is -0.120. The Labute approximate surface area is 80.1 Å². The fourth-order valence-corrected chi connectivity index (χ4v) is 1.49. The van der Waals surface area contributed by atoms with Gasteiger partial charge < -0.3 is 0 Å². The summed E-state index contributed by atoms with van der Waals surface area (Å²) in [6.07, 6.45) is 3.07. The third-order valence-corrected chi connectivity index (χ3v) is 2.41. The van der Waals surface area contributed by atoms with Gasteiger partial charge in [0.1, 0.15) is 11.4 Å². The summed E-state index contributed by atoms with van der Waals surface area (Å²) in [4.78, 5) is 18.8. The lowest BCUT2D eigenvalue weighted by Crippen LogP contribution is -2.36. The molecule has 0 fully saturated rings. The first-order chi connectivity index (χ1) is 6.24. The van der Waals surface area contributed by atoms with Gasteiger partial charge in [0.2, 0.25) is 5.91 Å². The van der Waals surface area contributed by atoms with Gasteiger partial charge in [0, 0.05) is 6.20 Å². The molecule has 0 aromatic carbocycles. The summed E-state index contributed by atoms with van der Waals surface area (Å²) < 4.78 is 0. The van der Waals surface area contributed by atoms with Crippen molar-refractivity contribution >= 4 is 17.7 Å². The highest BCUT2D eigenvalue weighted by Gasteiger charge is 2.12. The maximum Gasteiger partial charge on any atom is 0.247 e. The van der Waals surface area contributed by atoms with Gasteiger partial charge in [-0.1, -0.05) is 11.8 Å². The normalized spacial score (nSPS) is 12.2. The number of carbonyl (C=O) groups is 1. The number of hydrogen-bond acceptors (Lipinski definition) is 5. The number of amides is 1. The van der Waals surface area contributed by atoms with E-state index in [-0.39, 0.29) is 11.2 Å². The average molecular weight is 198 g/mol. The van der Waals surface area contributed by atoms with E-state index in [9.17, 15) is 4.79 Å². The zero-order valence-electron chi connectivity index (χ0n) is 7.10. The predicted molar refractivity (Wildman–Crippen MR) is 49.7 cm³/mol. The van der Waals surface area contributed by atoms with E-state index in [2.05, 4.69) is 15.4 Å². The molecular formula is C7H10N4OS. The van der Waals surface area contributed by atoms with Crippen molar-refractivity contribution in [3.63, 3.8) is 0 Å². The summed E-state index contributed by atoms with van der Waals surface area (Å²) in [6, 6.07) is 1.74. The number of carbonyl (C=O) groups excluding carboxylic acids is 1. The monoisotopic (exact) mass is 198 g/mol. The fourth-order valence-electron chi connectivity index (χ4n) is 0.700. The van der Waals surface area contributed by atoms with Gasteiger partial charge in [-0.2, -0.15) is 0 Å². The summed E-state index contributed by atoms with van der Waals surface area (Å²) >= 11 is 1.33. The van der Waals surface area contributed by atoms with Crippen molar-refractivity contribution in [2.75, 3.05) is 0 Å². The van der Waals surface area contributed by atoms with Crippen LogP contribution in [0.15, 0.2) is 23.6 Å². The van der Waals surface area contributed by atoms with Gasteiger partial charge in [-0.15, -0.1) is 0 Å². The molecule has 1 aromatic heterocycles. The number of aromatic nitrogens is 2. The molecule has 0 saturated carbocycles. The predicted octanol–water partition coefficient (Wildman–Crippen LogP) is -0.0529. The minimum absolute atomic E-state index is 0.219. The second-order valence-electron chi connectivity index (χ2n) is 2.32. The second kappa shape index (κ2) is 4.78. The summed E-state index contributed by atoms with van der Waals surface area (Å²) in [5.41, 5.74) is 2.08. The standard InChI is InChI=1S/C7H10N4OS/c1-5(7(12)11-8)13-6-2-3-9-4-10-6/h2-5H,8H2,1H3,(H,11,12). The topological polar surface area (TPSA) is 80.9 Å². The molecule has 0 saturated heterocycles. The Balaban J connectivity index is 2.55. The van der Waals surface area contributed by atoms with Crippen LogP contribution in [0.2, 0.25) is 0 Å². The second-order valence-corrected chi connectivity index (χ2v) is 3.68. The minimum Gasteiger partial charge on any atom is -0.293 e. The van der Waals surface area contributed by atoms with Crippen LogP contribution in [-0.2, 0) is 4.79 Å². The molecule has 1 unspecified atom stereocenters. The first-order valence-electron chi connectivity index (χ1n) is 3.67. The van der Waals surface area contributed by atoms with Crippen LogP contribution in [0.4, 0.5) is 0 Å². The van der Waals surface area contributed by atoms with Crippen molar-refractivity contribution in [2.45, 2.75) is 17.2 Å². The molecule has 0 radical (unpaired) electrons. The maximum atomic E-state index is 11.0. The smallest absolute Gasteiger partial charge is 0.247 e. The Hall–Kier alpha value is -1.14. The van der Waals surface area contributed by atoms with Crippen LogP contribution in [-0.4, -0.2) is 21.1 Å². The van der Waals surface area contributed by atoms with Gasteiger partial charge in [0.05, 0.1) is 5.25 Å². The van der Waals surface area contributed by atoms with Crippen LogP contribution < -0.4 is 11.3 Å². The molecule has 0 aliphatic heterocycles. The number of nitrogens with two attached hydrogens (primary N) is 1. The lowest BCUT2D eigenvalue weighted by atomic mass is 10.5. The molecule has 3 N–H and O–H groups in total. The third kappa shape index (κ3) is 3.00. The van der Waals surface area contributed by atoms with Gasteiger partial charge in [0.15, 0.2) is 0 Å². The Morgan fingerprint density at radius 2 is 2.54 bits per heavy atom. The highest BCUT2D eigenvalue weighted by molar-refractivity contribution is 8.00. The molecule has 13 heavy (non-hydrogen) atoms. The number of thioether (sulfide) groups is 1. The van der Waals surface area contributed by atoms with Gasteiger partial charge in [-0.3, -0.25) is 10.2 Å². The van der Waals surface area contributed by atoms with Gasteiger partial charge in [-0.25, -0.2) is 15.8 Å². The number of rotatable bonds is 3. The highest BCUT2D eigenvalue weighted by atomic mass is 32.2. The lowest BCUT2D eigenvalue weighted by Gasteiger charge is -2.07. The van der Waals surface area contributed by atoms with Crippen LogP contribution >= 0.6 is 11.8 Å². The zero-order chi connectivity index (χ0) is 9.68. The number of hydrogen-bond donors (Lipinski definition) is 2. The van der Waals surface area contributed by atoms with Crippen molar-refractivity contribution in [3.8, 4) is 0 Å². The molecule has 1 rings (SSSR count). The molecule has 1 amide bonds. The van der Waals surface area contributed by atoms with E-state index in [1.165, 1.54) is 18.1 Å². The Kier molecular flexibility index (Phi) is 3.66. The van der Waals surface area contributed by atoms with E-state index in [4.69, 9.17) is 5.84 Å². The van der Waals surface area contributed by atoms with E-state index in [0.29, 0.717) is 0 Å². The van der Waals surface area contributed by atoms with E-state index in [1.807, 2.05) is 0 Å². The van der Waals surface area contributed by atoms with E-state index >= 15 is 0 Å². The van der Waals surface area contributed by atoms with Crippen LogP contribution in [0.5, 0.6) is 0 Å². The zero-order valence-corrected chi connectivity index (χ0v) is 7.91. The van der Waals surface area contributed by atoms with Crippen molar-refractivity contribution in [3.05, 3.63) is 18.6 Å². The molecule has 0 aliphatic carbocycles. The van der Waals surface area contributed by atoms with Crippen molar-refractivity contribution in [1.82, 2.24) is 15.4 Å².